The van der Waals surface area contributed by atoms with E-state index < -0.39 is 96.2 Å². The van der Waals surface area contributed by atoms with Crippen LogP contribution < -0.4 is 16.6 Å². The fourth-order valence-electron chi connectivity index (χ4n) is 8.00. The summed E-state index contributed by atoms with van der Waals surface area (Å²) in [6.45, 7) is 6.63. The van der Waals surface area contributed by atoms with Crippen molar-refractivity contribution >= 4 is 12.1 Å². The zero-order valence-corrected chi connectivity index (χ0v) is 34.4. The van der Waals surface area contributed by atoms with Crippen LogP contribution in [0.1, 0.15) is 57.9 Å². The number of azide groups is 1. The molecule has 328 valence electrons. The predicted octanol–water partition coefficient (Wildman–Crippen LogP) is 3.79. The Labute approximate surface area is 350 Å². The minimum Gasteiger partial charge on any atom is -0.467 e. The van der Waals surface area contributed by atoms with Gasteiger partial charge in [-0.1, -0.05) is 79.6 Å². The summed E-state index contributed by atoms with van der Waals surface area (Å²) in [5, 5.41) is 6.31. The van der Waals surface area contributed by atoms with Crippen LogP contribution in [0.3, 0.4) is 0 Å². The number of hydrogen-bond donors (Lipinski definition) is 1. The Hall–Kier alpha value is -5.15. The second-order valence-corrected chi connectivity index (χ2v) is 15.3. The van der Waals surface area contributed by atoms with Gasteiger partial charge in [-0.3, -0.25) is 9.36 Å². The van der Waals surface area contributed by atoms with Crippen LogP contribution in [0, 0.1) is 0 Å². The molecule has 0 spiro atoms. The number of nitrogens with one attached hydrogen (secondary N) is 1. The highest BCUT2D eigenvalue weighted by Gasteiger charge is 2.63. The highest BCUT2D eigenvalue weighted by Crippen LogP contribution is 2.47. The summed E-state index contributed by atoms with van der Waals surface area (Å²) in [4.78, 5) is 57.5. The molecule has 1 N–H and O–H groups in total. The normalized spacial score (nSPS) is 28.0. The summed E-state index contributed by atoms with van der Waals surface area (Å²) in [7, 11) is 1.13. The van der Waals surface area contributed by atoms with E-state index >= 15 is 0 Å². The van der Waals surface area contributed by atoms with Gasteiger partial charge in [0.25, 0.3) is 5.56 Å². The molecule has 0 aliphatic carbocycles. The zero-order chi connectivity index (χ0) is 43.3. The molecule has 0 bridgehead atoms. The van der Waals surface area contributed by atoms with Gasteiger partial charge in [0.05, 0.1) is 26.4 Å². The maximum Gasteiger partial charge on any atom is 0.408 e. The summed E-state index contributed by atoms with van der Waals surface area (Å²) in [6, 6.07) is 17.7. The second kappa shape index (κ2) is 18.9. The first-order valence-corrected chi connectivity index (χ1v) is 20.1. The molecule has 10 atom stereocenters. The van der Waals surface area contributed by atoms with Gasteiger partial charge in [0.15, 0.2) is 30.1 Å². The van der Waals surface area contributed by atoms with Crippen molar-refractivity contribution in [3.05, 3.63) is 115 Å². The van der Waals surface area contributed by atoms with Crippen LogP contribution in [0.15, 0.2) is 87.6 Å². The molecular formula is C41H50N6O14. The summed E-state index contributed by atoms with van der Waals surface area (Å²) in [5.41, 5.74) is 9.30. The van der Waals surface area contributed by atoms with Crippen molar-refractivity contribution in [1.29, 1.82) is 0 Å². The van der Waals surface area contributed by atoms with Gasteiger partial charge in [0, 0.05) is 17.2 Å². The van der Waals surface area contributed by atoms with Gasteiger partial charge in [-0.05, 0) is 43.3 Å². The summed E-state index contributed by atoms with van der Waals surface area (Å²) in [6.07, 6.45) is -8.80. The lowest BCUT2D eigenvalue weighted by atomic mass is 9.99. The van der Waals surface area contributed by atoms with E-state index in [4.69, 9.17) is 47.4 Å². The van der Waals surface area contributed by atoms with Gasteiger partial charge in [-0.2, -0.15) is 0 Å². The number of amides is 1. The first kappa shape index (κ1) is 43.9. The smallest absolute Gasteiger partial charge is 0.408 e. The van der Waals surface area contributed by atoms with Crippen molar-refractivity contribution in [2.24, 2.45) is 5.11 Å². The molecule has 0 saturated carbocycles. The standard InChI is InChI=1S/C41H50N6O14/c1-6-41(7-2)60-29-26(20-43-45-42)55-37(34(29)61-41)57-30(28(36(49)52-5)44-38(50)54-22-25-16-12-9-13-17-25)31-32-33(59-40(3,4)58-32)35(56-31)46-19-18-27(48)47(39(46)51)23-53-21-24-14-10-8-11-15-24/h8-19,26,28-35,37H,6-7,20-23H2,1-5H3,(H,44,50)/t26-,28+,29-,30+,31-,32-,33-,34-,35-,37+/m1/s1. The fraction of sp³-hybridized carbons (Fsp3) is 0.561. The SMILES string of the molecule is CCC1(CC)O[C@H]2[C@H](O[C@H]([C@H]3O[C@@H](n4ccc(=O)n(COCc5ccccc5)c4=O)[C@@H]4OC(C)(C)O[C@H]34)[C@H](NC(=O)OCc3ccccc3)C(=O)OC)O[C@H](CN=[N+]=[N-])[C@H]2O1. The lowest BCUT2D eigenvalue weighted by Gasteiger charge is -2.36. The highest BCUT2D eigenvalue weighted by atomic mass is 16.8. The average molecular weight is 851 g/mol. The van der Waals surface area contributed by atoms with E-state index in [9.17, 15) is 24.7 Å². The molecule has 4 aliphatic rings. The number of benzene rings is 2. The third-order valence-electron chi connectivity index (χ3n) is 11.0. The van der Waals surface area contributed by atoms with Crippen molar-refractivity contribution in [3.63, 3.8) is 0 Å². The quantitative estimate of drug-likeness (QED) is 0.0882. The van der Waals surface area contributed by atoms with E-state index in [1.54, 1.807) is 38.1 Å². The maximum atomic E-state index is 14.1. The zero-order valence-electron chi connectivity index (χ0n) is 34.4. The number of nitrogens with zero attached hydrogens (tertiary/aromatic N) is 5. The number of fused-ring (bicyclic) bond motifs is 2. The van der Waals surface area contributed by atoms with Crippen LogP contribution >= 0.6 is 0 Å². The molecule has 4 aliphatic heterocycles. The summed E-state index contributed by atoms with van der Waals surface area (Å²) >= 11 is 0. The fourth-order valence-corrected chi connectivity index (χ4v) is 8.00. The summed E-state index contributed by atoms with van der Waals surface area (Å²) < 4.78 is 63.9. The first-order chi connectivity index (χ1) is 29.4. The van der Waals surface area contributed by atoms with Gasteiger partial charge in [0.2, 0.25) is 0 Å². The van der Waals surface area contributed by atoms with Crippen molar-refractivity contribution in [2.45, 2.75) is 133 Å². The number of carbonyl (C=O) groups is 2. The molecule has 0 radical (unpaired) electrons. The lowest BCUT2D eigenvalue weighted by Crippen LogP contribution is -2.58. The van der Waals surface area contributed by atoms with E-state index in [0.717, 1.165) is 17.2 Å². The predicted molar refractivity (Wildman–Crippen MR) is 210 cm³/mol. The molecule has 5 heterocycles. The van der Waals surface area contributed by atoms with Crippen molar-refractivity contribution in [1.82, 2.24) is 14.5 Å². The van der Waals surface area contributed by atoms with Crippen LogP contribution in [0.5, 0.6) is 0 Å². The Balaban J connectivity index is 1.24. The highest BCUT2D eigenvalue weighted by molar-refractivity contribution is 5.82. The number of rotatable bonds is 17. The molecule has 2 aromatic carbocycles. The monoisotopic (exact) mass is 850 g/mol. The number of ether oxygens (including phenoxy) is 10. The molecular weight excluding hydrogens is 800 g/mol. The Kier molecular flexibility index (Phi) is 13.6. The largest absolute Gasteiger partial charge is 0.467 e. The number of aromatic nitrogens is 2. The average Bonchev–Trinajstić information content (AvgIpc) is 3.99. The van der Waals surface area contributed by atoms with Crippen molar-refractivity contribution in [2.75, 3.05) is 13.7 Å². The number of carbonyl (C=O) groups excluding carboxylic acids is 2. The molecule has 1 amide bonds. The number of alkyl carbamates (subject to hydrolysis) is 1. The molecule has 4 saturated heterocycles. The molecule has 4 fully saturated rings. The number of methoxy groups -OCH3 is 1. The Morgan fingerprint density at radius 2 is 1.54 bits per heavy atom. The molecule has 3 aromatic rings. The minimum absolute atomic E-state index is 0.129. The third-order valence-corrected chi connectivity index (χ3v) is 11.0. The van der Waals surface area contributed by atoms with Gasteiger partial charge >= 0.3 is 17.8 Å². The van der Waals surface area contributed by atoms with E-state index in [1.165, 1.54) is 16.8 Å². The topological polar surface area (TPSA) is 231 Å². The van der Waals surface area contributed by atoms with E-state index in [-0.39, 0.29) is 26.5 Å². The molecule has 1 aromatic heterocycles. The van der Waals surface area contributed by atoms with Crippen molar-refractivity contribution < 1.29 is 57.0 Å². The van der Waals surface area contributed by atoms with E-state index in [1.807, 2.05) is 50.2 Å². The maximum absolute atomic E-state index is 14.1. The van der Waals surface area contributed by atoms with Gasteiger partial charge in [-0.25, -0.2) is 19.0 Å². The second-order valence-electron chi connectivity index (χ2n) is 15.3. The lowest BCUT2D eigenvalue weighted by molar-refractivity contribution is -0.275. The molecule has 7 rings (SSSR count). The van der Waals surface area contributed by atoms with Crippen LogP contribution in [-0.4, -0.2) is 101 Å². The summed E-state index contributed by atoms with van der Waals surface area (Å²) in [5.74, 6) is -3.22. The minimum atomic E-state index is -1.66. The van der Waals surface area contributed by atoms with Crippen LogP contribution in [0.4, 0.5) is 4.79 Å². The molecule has 0 unspecified atom stereocenters. The van der Waals surface area contributed by atoms with Crippen molar-refractivity contribution in [3.8, 4) is 0 Å². The molecule has 20 nitrogen and oxygen atoms in total. The molecule has 61 heavy (non-hydrogen) atoms. The number of hydrogen-bond acceptors (Lipinski definition) is 15. The Bertz CT molecular complexity index is 2160. The van der Waals surface area contributed by atoms with Gasteiger partial charge in [0.1, 0.15) is 50.0 Å². The first-order valence-electron chi connectivity index (χ1n) is 20.1. The molecule has 20 heteroatoms. The van der Waals surface area contributed by atoms with Crippen LogP contribution in [0.25, 0.3) is 10.4 Å². The number of esters is 1. The van der Waals surface area contributed by atoms with Crippen LogP contribution in [0.2, 0.25) is 0 Å². The van der Waals surface area contributed by atoms with Crippen LogP contribution in [-0.2, 0) is 72.1 Å². The third kappa shape index (κ3) is 9.52. The van der Waals surface area contributed by atoms with Gasteiger partial charge < -0.3 is 52.7 Å². The Morgan fingerprint density at radius 3 is 2.20 bits per heavy atom. The van der Waals surface area contributed by atoms with E-state index in [0.29, 0.717) is 18.4 Å². The van der Waals surface area contributed by atoms with E-state index in [2.05, 4.69) is 15.3 Å². The van der Waals surface area contributed by atoms with Gasteiger partial charge in [-0.15, -0.1) is 0 Å². The Morgan fingerprint density at radius 1 is 0.885 bits per heavy atom.